The molecule has 3 rings (SSSR count). The SMILES string of the molecule is C=C/C=C(\C=C)N(C)c1nc2nncn2c2cc([N+](=O)[O-])ccc12. The van der Waals surface area contributed by atoms with Crippen LogP contribution in [0.1, 0.15) is 0 Å². The molecule has 0 spiro atoms. The van der Waals surface area contributed by atoms with Gasteiger partial charge in [-0.3, -0.25) is 14.5 Å². The molecule has 2 heterocycles. The van der Waals surface area contributed by atoms with Crippen molar-refractivity contribution < 1.29 is 4.92 Å². The molecule has 0 N–H and O–H groups in total. The molecule has 0 saturated heterocycles. The van der Waals surface area contributed by atoms with E-state index < -0.39 is 4.92 Å². The molecule has 0 amide bonds. The Balaban J connectivity index is 2.34. The monoisotopic (exact) mass is 322 g/mol. The number of anilines is 1. The molecule has 0 aliphatic heterocycles. The van der Waals surface area contributed by atoms with Crippen molar-refractivity contribution in [2.24, 2.45) is 0 Å². The smallest absolute Gasteiger partial charge is 0.271 e. The first-order valence-electron chi connectivity index (χ1n) is 7.03. The van der Waals surface area contributed by atoms with Gasteiger partial charge in [-0.2, -0.15) is 4.98 Å². The van der Waals surface area contributed by atoms with E-state index in [0.717, 1.165) is 11.1 Å². The van der Waals surface area contributed by atoms with Crippen molar-refractivity contribution >= 4 is 28.2 Å². The molecule has 0 radical (unpaired) electrons. The average molecular weight is 322 g/mol. The summed E-state index contributed by atoms with van der Waals surface area (Å²) < 4.78 is 1.62. The normalized spacial score (nSPS) is 11.6. The van der Waals surface area contributed by atoms with Gasteiger partial charge in [0.05, 0.1) is 10.4 Å². The second-order valence-electron chi connectivity index (χ2n) is 4.99. The molecule has 24 heavy (non-hydrogen) atoms. The Morgan fingerprint density at radius 1 is 1.42 bits per heavy atom. The van der Waals surface area contributed by atoms with Crippen molar-refractivity contribution in [2.75, 3.05) is 11.9 Å². The fraction of sp³-hybridized carbons (Fsp3) is 0.0625. The molecule has 0 fully saturated rings. The van der Waals surface area contributed by atoms with Gasteiger partial charge >= 0.3 is 0 Å². The fourth-order valence-corrected chi connectivity index (χ4v) is 2.47. The van der Waals surface area contributed by atoms with E-state index in [1.165, 1.54) is 18.5 Å². The van der Waals surface area contributed by atoms with Crippen molar-refractivity contribution in [1.29, 1.82) is 0 Å². The van der Waals surface area contributed by atoms with Crippen molar-refractivity contribution in [1.82, 2.24) is 19.6 Å². The Labute approximate surface area is 137 Å². The Morgan fingerprint density at radius 3 is 2.88 bits per heavy atom. The number of allylic oxidation sites excluding steroid dienone is 3. The second-order valence-corrected chi connectivity index (χ2v) is 4.99. The molecule has 1 aromatic carbocycles. The van der Waals surface area contributed by atoms with Crippen molar-refractivity contribution in [3.8, 4) is 0 Å². The van der Waals surface area contributed by atoms with Crippen LogP contribution in [0.15, 0.2) is 61.6 Å². The average Bonchev–Trinajstić information content (AvgIpc) is 3.06. The summed E-state index contributed by atoms with van der Waals surface area (Å²) in [4.78, 5) is 17.0. The fourth-order valence-electron chi connectivity index (χ4n) is 2.47. The molecule has 2 aromatic heterocycles. The first-order chi connectivity index (χ1) is 11.6. The van der Waals surface area contributed by atoms with Crippen LogP contribution in [0.2, 0.25) is 0 Å². The third-order valence-electron chi connectivity index (χ3n) is 3.63. The number of benzene rings is 1. The van der Waals surface area contributed by atoms with Crippen LogP contribution >= 0.6 is 0 Å². The quantitative estimate of drug-likeness (QED) is 0.407. The van der Waals surface area contributed by atoms with Crippen LogP contribution in [0.25, 0.3) is 16.7 Å². The largest absolute Gasteiger partial charge is 0.329 e. The molecular weight excluding hydrogens is 308 g/mol. The number of fused-ring (bicyclic) bond motifs is 3. The summed E-state index contributed by atoms with van der Waals surface area (Å²) in [5.74, 6) is 0.945. The zero-order valence-corrected chi connectivity index (χ0v) is 13.0. The molecule has 0 unspecified atom stereocenters. The second kappa shape index (κ2) is 5.92. The van der Waals surface area contributed by atoms with Crippen molar-refractivity contribution in [3.63, 3.8) is 0 Å². The summed E-state index contributed by atoms with van der Waals surface area (Å²) in [6.07, 6.45) is 6.59. The van der Waals surface area contributed by atoms with Crippen LogP contribution in [-0.2, 0) is 0 Å². The van der Waals surface area contributed by atoms with E-state index in [-0.39, 0.29) is 5.69 Å². The van der Waals surface area contributed by atoms with Crippen LogP contribution < -0.4 is 4.90 Å². The lowest BCUT2D eigenvalue weighted by Crippen LogP contribution is -2.17. The van der Waals surface area contributed by atoms with Crippen molar-refractivity contribution in [2.45, 2.75) is 0 Å². The molecule has 120 valence electrons. The number of hydrogen-bond donors (Lipinski definition) is 0. The number of nitro groups is 1. The van der Waals surface area contributed by atoms with Gasteiger partial charge in [0, 0.05) is 30.3 Å². The van der Waals surface area contributed by atoms with E-state index in [1.807, 2.05) is 11.9 Å². The predicted molar refractivity (Wildman–Crippen MR) is 91.8 cm³/mol. The van der Waals surface area contributed by atoms with Crippen LogP contribution in [0.3, 0.4) is 0 Å². The minimum Gasteiger partial charge on any atom is -0.329 e. The Morgan fingerprint density at radius 2 is 2.21 bits per heavy atom. The zero-order valence-electron chi connectivity index (χ0n) is 13.0. The Bertz CT molecular complexity index is 1000. The first kappa shape index (κ1) is 15.3. The molecule has 0 saturated carbocycles. The van der Waals surface area contributed by atoms with E-state index in [1.54, 1.807) is 28.7 Å². The lowest BCUT2D eigenvalue weighted by Gasteiger charge is -2.21. The maximum Gasteiger partial charge on any atom is 0.271 e. The summed E-state index contributed by atoms with van der Waals surface area (Å²) in [6.45, 7) is 7.47. The molecule has 8 nitrogen and oxygen atoms in total. The number of hydrogen-bond acceptors (Lipinski definition) is 6. The van der Waals surface area contributed by atoms with Gasteiger partial charge in [0.2, 0.25) is 0 Å². The van der Waals surface area contributed by atoms with Crippen LogP contribution in [0.4, 0.5) is 11.5 Å². The van der Waals surface area contributed by atoms with E-state index >= 15 is 0 Å². The number of nitrogens with zero attached hydrogens (tertiary/aromatic N) is 6. The molecule has 0 atom stereocenters. The number of non-ortho nitro benzene ring substituents is 1. The standard InChI is InChI=1S/C16H14N6O2/c1-4-6-11(5-2)20(3)15-13-8-7-12(22(23)24)9-14(13)21-10-17-19-16(21)18-15/h4-10H,1-2H2,3H3/b11-6+. The lowest BCUT2D eigenvalue weighted by molar-refractivity contribution is -0.384. The molecule has 0 aliphatic carbocycles. The minimum absolute atomic E-state index is 0.0112. The van der Waals surface area contributed by atoms with Crippen molar-refractivity contribution in [3.05, 3.63) is 71.7 Å². The highest BCUT2D eigenvalue weighted by molar-refractivity contribution is 5.93. The van der Waals surface area contributed by atoms with E-state index in [0.29, 0.717) is 17.1 Å². The van der Waals surface area contributed by atoms with Gasteiger partial charge in [-0.05, 0) is 18.2 Å². The maximum atomic E-state index is 11.1. The summed E-state index contributed by atoms with van der Waals surface area (Å²) in [6, 6.07) is 4.60. The minimum atomic E-state index is -0.438. The molecule has 3 aromatic rings. The molecule has 0 bridgehead atoms. The van der Waals surface area contributed by atoms with Gasteiger partial charge in [-0.15, -0.1) is 10.2 Å². The highest BCUT2D eigenvalue weighted by atomic mass is 16.6. The highest BCUT2D eigenvalue weighted by Crippen LogP contribution is 2.30. The maximum absolute atomic E-state index is 11.1. The third kappa shape index (κ3) is 2.39. The number of nitro benzene ring substituents is 1. The van der Waals surface area contributed by atoms with Crippen LogP contribution in [-0.4, -0.2) is 31.6 Å². The first-order valence-corrected chi connectivity index (χ1v) is 7.03. The van der Waals surface area contributed by atoms with Gasteiger partial charge in [0.15, 0.2) is 0 Å². The number of rotatable bonds is 5. The summed E-state index contributed by atoms with van der Waals surface area (Å²) in [5.41, 5.74) is 1.37. The Hall–Kier alpha value is -3.55. The van der Waals surface area contributed by atoms with Gasteiger partial charge in [0.25, 0.3) is 11.5 Å². The highest BCUT2D eigenvalue weighted by Gasteiger charge is 2.17. The molecule has 0 aliphatic rings. The van der Waals surface area contributed by atoms with Crippen LogP contribution in [0.5, 0.6) is 0 Å². The van der Waals surface area contributed by atoms with Gasteiger partial charge in [-0.25, -0.2) is 0 Å². The van der Waals surface area contributed by atoms with E-state index in [2.05, 4.69) is 28.3 Å². The summed E-state index contributed by atoms with van der Waals surface area (Å²) >= 11 is 0. The zero-order chi connectivity index (χ0) is 17.3. The molecular formula is C16H14N6O2. The van der Waals surface area contributed by atoms with E-state index in [9.17, 15) is 10.1 Å². The van der Waals surface area contributed by atoms with Gasteiger partial charge in [0.1, 0.15) is 12.1 Å². The topological polar surface area (TPSA) is 89.5 Å². The summed E-state index contributed by atoms with van der Waals surface area (Å²) in [7, 11) is 1.83. The third-order valence-corrected chi connectivity index (χ3v) is 3.63. The Kier molecular flexibility index (Phi) is 3.78. The summed E-state index contributed by atoms with van der Waals surface area (Å²) in [5, 5.41) is 19.6. The van der Waals surface area contributed by atoms with Gasteiger partial charge < -0.3 is 4.90 Å². The molecule has 8 heteroatoms. The van der Waals surface area contributed by atoms with E-state index in [4.69, 9.17) is 0 Å². The predicted octanol–water partition coefficient (Wildman–Crippen LogP) is 2.88. The number of aromatic nitrogens is 4. The van der Waals surface area contributed by atoms with Gasteiger partial charge in [-0.1, -0.05) is 19.2 Å². The van der Waals surface area contributed by atoms with Crippen LogP contribution in [0, 0.1) is 10.1 Å². The lowest BCUT2D eigenvalue weighted by atomic mass is 10.2. The number of likely N-dealkylation sites (N-methyl/N-ethyl adjacent to an activating group) is 1.